The maximum absolute atomic E-state index is 11.9. The van der Waals surface area contributed by atoms with E-state index in [0.717, 1.165) is 5.56 Å². The number of nitrogens with zero attached hydrogens (tertiary/aromatic N) is 2. The Labute approximate surface area is 103 Å². The second-order valence-electron chi connectivity index (χ2n) is 3.67. The normalized spacial score (nSPS) is 10.3. The molecule has 1 heterocycles. The largest absolute Gasteiger partial charge is 0.320 e. The number of H-pyrrole nitrogens is 1. The molecule has 5 nitrogen and oxygen atoms in total. The Morgan fingerprint density at radius 3 is 2.76 bits per heavy atom. The first kappa shape index (κ1) is 11.6. The summed E-state index contributed by atoms with van der Waals surface area (Å²) in [6.07, 6.45) is 0. The van der Waals surface area contributed by atoms with E-state index in [-0.39, 0.29) is 11.6 Å². The van der Waals surface area contributed by atoms with Gasteiger partial charge in [-0.25, -0.2) is 0 Å². The maximum atomic E-state index is 11.9. The number of aromatic nitrogens is 3. The van der Waals surface area contributed by atoms with Crippen LogP contribution in [0.3, 0.4) is 0 Å². The van der Waals surface area contributed by atoms with Gasteiger partial charge in [-0.15, -0.1) is 0 Å². The van der Waals surface area contributed by atoms with Crippen LogP contribution in [-0.2, 0) is 0 Å². The molecule has 1 aromatic heterocycles. The first-order valence-corrected chi connectivity index (χ1v) is 5.40. The van der Waals surface area contributed by atoms with E-state index in [4.69, 9.17) is 11.6 Å². The van der Waals surface area contributed by atoms with E-state index in [9.17, 15) is 4.79 Å². The molecule has 0 atom stereocenters. The zero-order chi connectivity index (χ0) is 12.4. The molecule has 0 radical (unpaired) electrons. The average molecular weight is 251 g/mol. The Morgan fingerprint density at radius 2 is 2.12 bits per heavy atom. The number of carbonyl (C=O) groups excluding carboxylic acids is 1. The summed E-state index contributed by atoms with van der Waals surface area (Å²) in [7, 11) is 0. The van der Waals surface area contributed by atoms with Gasteiger partial charge in [0.1, 0.15) is 0 Å². The summed E-state index contributed by atoms with van der Waals surface area (Å²) in [5.41, 5.74) is 2.44. The molecule has 1 amide bonds. The molecule has 0 aliphatic rings. The standard InChI is InChI=1S/C11H11ClN4O/c1-6-3-4-8(12)5-9(6)13-11(17)10-7(2)14-16-15-10/h3-5H,1-2H3,(H,13,17)(H,14,15,16). The van der Waals surface area contributed by atoms with E-state index >= 15 is 0 Å². The highest BCUT2D eigenvalue weighted by atomic mass is 35.5. The van der Waals surface area contributed by atoms with Crippen molar-refractivity contribution < 1.29 is 4.79 Å². The van der Waals surface area contributed by atoms with Crippen LogP contribution >= 0.6 is 11.6 Å². The highest BCUT2D eigenvalue weighted by Gasteiger charge is 2.14. The van der Waals surface area contributed by atoms with Gasteiger partial charge in [0.05, 0.1) is 5.69 Å². The molecule has 1 aromatic carbocycles. The molecule has 2 N–H and O–H groups in total. The number of aryl methyl sites for hydroxylation is 2. The molecule has 17 heavy (non-hydrogen) atoms. The third kappa shape index (κ3) is 2.45. The van der Waals surface area contributed by atoms with Crippen molar-refractivity contribution in [2.75, 3.05) is 5.32 Å². The van der Waals surface area contributed by atoms with Crippen LogP contribution < -0.4 is 5.32 Å². The fraction of sp³-hybridized carbons (Fsp3) is 0.182. The lowest BCUT2D eigenvalue weighted by molar-refractivity contribution is 0.102. The van der Waals surface area contributed by atoms with Crippen LogP contribution in [0.5, 0.6) is 0 Å². The summed E-state index contributed by atoms with van der Waals surface area (Å²) >= 11 is 5.87. The molecule has 0 saturated heterocycles. The number of carbonyl (C=O) groups is 1. The molecule has 0 unspecified atom stereocenters. The Kier molecular flexibility index (Phi) is 3.10. The van der Waals surface area contributed by atoms with Gasteiger partial charge in [0.25, 0.3) is 5.91 Å². The van der Waals surface area contributed by atoms with Gasteiger partial charge in [-0.05, 0) is 31.5 Å². The number of benzene rings is 1. The van der Waals surface area contributed by atoms with Crippen LogP contribution in [0.2, 0.25) is 5.02 Å². The highest BCUT2D eigenvalue weighted by molar-refractivity contribution is 6.31. The zero-order valence-electron chi connectivity index (χ0n) is 9.41. The highest BCUT2D eigenvalue weighted by Crippen LogP contribution is 2.20. The molecule has 6 heteroatoms. The second-order valence-corrected chi connectivity index (χ2v) is 4.11. The van der Waals surface area contributed by atoms with Crippen LogP contribution in [0, 0.1) is 13.8 Å². The summed E-state index contributed by atoms with van der Waals surface area (Å²) in [5, 5.41) is 13.3. The van der Waals surface area contributed by atoms with Crippen LogP contribution in [-0.4, -0.2) is 21.3 Å². The van der Waals surface area contributed by atoms with Gasteiger partial charge < -0.3 is 5.32 Å². The second kappa shape index (κ2) is 4.55. The maximum Gasteiger partial charge on any atom is 0.278 e. The Bertz CT molecular complexity index is 564. The zero-order valence-corrected chi connectivity index (χ0v) is 10.2. The lowest BCUT2D eigenvalue weighted by Gasteiger charge is -2.07. The van der Waals surface area contributed by atoms with Crippen molar-refractivity contribution in [3.05, 3.63) is 40.2 Å². The SMILES string of the molecule is Cc1ccc(Cl)cc1NC(=O)c1n[nH]nc1C. The summed E-state index contributed by atoms with van der Waals surface area (Å²) in [6.45, 7) is 3.60. The molecule has 0 bridgehead atoms. The quantitative estimate of drug-likeness (QED) is 0.859. The number of aromatic amines is 1. The number of rotatable bonds is 2. The predicted molar refractivity (Wildman–Crippen MR) is 65.3 cm³/mol. The molecule has 0 fully saturated rings. The lowest BCUT2D eigenvalue weighted by Crippen LogP contribution is -2.14. The van der Waals surface area contributed by atoms with Crippen molar-refractivity contribution >= 4 is 23.2 Å². The lowest BCUT2D eigenvalue weighted by atomic mass is 10.2. The smallest absolute Gasteiger partial charge is 0.278 e. The minimum Gasteiger partial charge on any atom is -0.320 e. The molecule has 0 aliphatic carbocycles. The summed E-state index contributed by atoms with van der Waals surface area (Å²) in [5.74, 6) is -0.304. The van der Waals surface area contributed by atoms with E-state index in [1.807, 2.05) is 13.0 Å². The first-order chi connectivity index (χ1) is 8.08. The Hall–Kier alpha value is -1.88. The summed E-state index contributed by atoms with van der Waals surface area (Å²) in [4.78, 5) is 11.9. The van der Waals surface area contributed by atoms with E-state index in [1.54, 1.807) is 19.1 Å². The van der Waals surface area contributed by atoms with E-state index in [0.29, 0.717) is 16.4 Å². The summed E-state index contributed by atoms with van der Waals surface area (Å²) in [6, 6.07) is 5.31. The van der Waals surface area contributed by atoms with Crippen molar-refractivity contribution in [1.82, 2.24) is 15.4 Å². The average Bonchev–Trinajstić information content (AvgIpc) is 2.70. The Balaban J connectivity index is 2.24. The number of nitrogens with one attached hydrogen (secondary N) is 2. The van der Waals surface area contributed by atoms with Gasteiger partial charge >= 0.3 is 0 Å². The molecule has 88 valence electrons. The third-order valence-corrected chi connectivity index (χ3v) is 2.62. The number of hydrogen-bond acceptors (Lipinski definition) is 3. The molecule has 0 saturated carbocycles. The fourth-order valence-electron chi connectivity index (χ4n) is 1.41. The van der Waals surface area contributed by atoms with Crippen molar-refractivity contribution in [3.63, 3.8) is 0 Å². The van der Waals surface area contributed by atoms with Crippen molar-refractivity contribution in [3.8, 4) is 0 Å². The molecule has 2 aromatic rings. The topological polar surface area (TPSA) is 70.7 Å². The van der Waals surface area contributed by atoms with E-state index in [2.05, 4.69) is 20.7 Å². The number of amides is 1. The molecule has 2 rings (SSSR count). The fourth-order valence-corrected chi connectivity index (χ4v) is 1.58. The molecular weight excluding hydrogens is 240 g/mol. The summed E-state index contributed by atoms with van der Waals surface area (Å²) < 4.78 is 0. The van der Waals surface area contributed by atoms with Gasteiger partial charge in [0, 0.05) is 10.7 Å². The predicted octanol–water partition coefficient (Wildman–Crippen LogP) is 2.33. The van der Waals surface area contributed by atoms with Gasteiger partial charge in [0.15, 0.2) is 5.69 Å². The van der Waals surface area contributed by atoms with Crippen LogP contribution in [0.15, 0.2) is 18.2 Å². The monoisotopic (exact) mass is 250 g/mol. The number of halogens is 1. The minimum absolute atomic E-state index is 0.282. The number of hydrogen-bond donors (Lipinski definition) is 2. The van der Waals surface area contributed by atoms with Gasteiger partial charge in [-0.2, -0.15) is 15.4 Å². The molecule has 0 spiro atoms. The van der Waals surface area contributed by atoms with Gasteiger partial charge in [-0.1, -0.05) is 17.7 Å². The van der Waals surface area contributed by atoms with Gasteiger partial charge in [-0.3, -0.25) is 4.79 Å². The Morgan fingerprint density at radius 1 is 1.35 bits per heavy atom. The molecule has 0 aliphatic heterocycles. The van der Waals surface area contributed by atoms with E-state index in [1.165, 1.54) is 0 Å². The van der Waals surface area contributed by atoms with Crippen molar-refractivity contribution in [2.24, 2.45) is 0 Å². The first-order valence-electron chi connectivity index (χ1n) is 5.03. The van der Waals surface area contributed by atoms with Crippen molar-refractivity contribution in [2.45, 2.75) is 13.8 Å². The van der Waals surface area contributed by atoms with Crippen LogP contribution in [0.25, 0.3) is 0 Å². The third-order valence-electron chi connectivity index (χ3n) is 2.39. The van der Waals surface area contributed by atoms with E-state index < -0.39 is 0 Å². The number of anilines is 1. The minimum atomic E-state index is -0.304. The van der Waals surface area contributed by atoms with Crippen LogP contribution in [0.1, 0.15) is 21.7 Å². The van der Waals surface area contributed by atoms with Crippen molar-refractivity contribution in [1.29, 1.82) is 0 Å². The van der Waals surface area contributed by atoms with Crippen LogP contribution in [0.4, 0.5) is 5.69 Å². The van der Waals surface area contributed by atoms with Gasteiger partial charge in [0.2, 0.25) is 0 Å². The molecular formula is C11H11ClN4O.